The van der Waals surface area contributed by atoms with Gasteiger partial charge in [0.2, 0.25) is 5.09 Å². The van der Waals surface area contributed by atoms with Crippen LogP contribution in [0.15, 0.2) is 21.6 Å². The molecule has 0 atom stereocenters. The summed E-state index contributed by atoms with van der Waals surface area (Å²) in [4.78, 5) is 0. The fourth-order valence-electron chi connectivity index (χ4n) is 2.17. The predicted octanol–water partition coefficient (Wildman–Crippen LogP) is 2.00. The van der Waals surface area contributed by atoms with E-state index in [2.05, 4.69) is 17.0 Å². The fourth-order valence-corrected chi connectivity index (χ4v) is 3.59. The third-order valence-electron chi connectivity index (χ3n) is 3.47. The lowest BCUT2D eigenvalue weighted by Crippen LogP contribution is -2.50. The molecule has 0 amide bonds. The molecule has 1 aliphatic carbocycles. The number of hydrogen-bond acceptors (Lipinski definition) is 4. The van der Waals surface area contributed by atoms with Gasteiger partial charge < -0.3 is 9.73 Å². The third kappa shape index (κ3) is 3.58. The molecule has 5 nitrogen and oxygen atoms in total. The van der Waals surface area contributed by atoms with Gasteiger partial charge in [0.05, 0.1) is 6.54 Å². The summed E-state index contributed by atoms with van der Waals surface area (Å²) in [6.45, 7) is 5.45. The van der Waals surface area contributed by atoms with Crippen molar-refractivity contribution in [3.05, 3.63) is 17.9 Å². The van der Waals surface area contributed by atoms with Gasteiger partial charge in [0.1, 0.15) is 5.76 Å². The molecule has 1 aromatic heterocycles. The highest BCUT2D eigenvalue weighted by atomic mass is 32.2. The molecular weight excluding hydrogens is 264 g/mol. The van der Waals surface area contributed by atoms with Crippen LogP contribution in [0.5, 0.6) is 0 Å². The lowest BCUT2D eigenvalue weighted by molar-refractivity contribution is 0.245. The van der Waals surface area contributed by atoms with Gasteiger partial charge in [-0.15, -0.1) is 0 Å². The smallest absolute Gasteiger partial charge is 0.274 e. The Balaban J connectivity index is 2.00. The fraction of sp³-hybridized carbons (Fsp3) is 0.692. The summed E-state index contributed by atoms with van der Waals surface area (Å²) >= 11 is 0. The second-order valence-corrected chi connectivity index (χ2v) is 7.03. The van der Waals surface area contributed by atoms with E-state index in [9.17, 15) is 8.42 Å². The summed E-state index contributed by atoms with van der Waals surface area (Å²) in [6.07, 6.45) is 3.88. The van der Waals surface area contributed by atoms with Gasteiger partial charge in [-0.2, -0.15) is 0 Å². The summed E-state index contributed by atoms with van der Waals surface area (Å²) in [5.74, 6) is 0.646. The molecule has 0 radical (unpaired) electrons. The number of nitrogens with one attached hydrogen (secondary N) is 2. The van der Waals surface area contributed by atoms with Crippen LogP contribution in [0.3, 0.4) is 0 Å². The van der Waals surface area contributed by atoms with Crippen LogP contribution < -0.4 is 10.0 Å². The zero-order valence-electron chi connectivity index (χ0n) is 11.5. The van der Waals surface area contributed by atoms with Crippen LogP contribution in [0.4, 0.5) is 0 Å². The van der Waals surface area contributed by atoms with Gasteiger partial charge in [-0.1, -0.05) is 6.92 Å². The van der Waals surface area contributed by atoms with Crippen molar-refractivity contribution in [2.24, 2.45) is 0 Å². The van der Waals surface area contributed by atoms with Crippen molar-refractivity contribution in [3.63, 3.8) is 0 Å². The van der Waals surface area contributed by atoms with Gasteiger partial charge in [-0.25, -0.2) is 13.1 Å². The Kier molecular flexibility index (Phi) is 4.32. The van der Waals surface area contributed by atoms with E-state index in [4.69, 9.17) is 4.42 Å². The molecule has 108 valence electrons. The second kappa shape index (κ2) is 5.64. The molecule has 2 N–H and O–H groups in total. The first kappa shape index (κ1) is 14.6. The van der Waals surface area contributed by atoms with Crippen LogP contribution in [0, 0.1) is 0 Å². The van der Waals surface area contributed by atoms with Gasteiger partial charge in [0, 0.05) is 5.54 Å². The van der Waals surface area contributed by atoms with E-state index in [1.54, 1.807) is 6.07 Å². The summed E-state index contributed by atoms with van der Waals surface area (Å²) in [7, 11) is -3.53. The minimum atomic E-state index is -3.53. The number of hydrogen-bond donors (Lipinski definition) is 2. The summed E-state index contributed by atoms with van der Waals surface area (Å²) in [6, 6.07) is 3.23. The maximum absolute atomic E-state index is 12.2. The van der Waals surface area contributed by atoms with E-state index in [1.807, 2.05) is 6.92 Å². The van der Waals surface area contributed by atoms with Gasteiger partial charge >= 0.3 is 0 Å². The maximum Gasteiger partial charge on any atom is 0.274 e. The van der Waals surface area contributed by atoms with Crippen LogP contribution >= 0.6 is 0 Å². The lowest BCUT2D eigenvalue weighted by Gasteiger charge is -2.38. The summed E-state index contributed by atoms with van der Waals surface area (Å²) < 4.78 is 32.4. The zero-order chi connectivity index (χ0) is 13.9. The first-order valence-corrected chi connectivity index (χ1v) is 8.27. The van der Waals surface area contributed by atoms with Gasteiger partial charge in [0.25, 0.3) is 10.0 Å². The van der Waals surface area contributed by atoms with Crippen LogP contribution in [-0.2, 0) is 16.6 Å². The van der Waals surface area contributed by atoms with Crippen LogP contribution in [0.2, 0.25) is 0 Å². The minimum Gasteiger partial charge on any atom is -0.447 e. The Morgan fingerprint density at radius 3 is 2.68 bits per heavy atom. The van der Waals surface area contributed by atoms with Gasteiger partial charge in [-0.05, 0) is 51.3 Å². The number of rotatable bonds is 7. The molecule has 1 fully saturated rings. The summed E-state index contributed by atoms with van der Waals surface area (Å²) in [5.41, 5.74) is -0.299. The molecule has 1 aliphatic rings. The molecule has 0 unspecified atom stereocenters. The molecule has 1 heterocycles. The Bertz CT molecular complexity index is 518. The Hall–Kier alpha value is -0.850. The molecule has 0 aliphatic heterocycles. The molecule has 0 aromatic carbocycles. The van der Waals surface area contributed by atoms with Crippen LogP contribution in [-0.4, -0.2) is 20.5 Å². The average molecular weight is 286 g/mol. The maximum atomic E-state index is 12.2. The average Bonchev–Trinajstić information content (AvgIpc) is 2.76. The highest BCUT2D eigenvalue weighted by molar-refractivity contribution is 7.89. The van der Waals surface area contributed by atoms with Crippen molar-refractivity contribution >= 4 is 10.0 Å². The van der Waals surface area contributed by atoms with Gasteiger partial charge in [-0.3, -0.25) is 0 Å². The Morgan fingerprint density at radius 1 is 1.37 bits per heavy atom. The minimum absolute atomic E-state index is 0.00826. The molecule has 19 heavy (non-hydrogen) atoms. The van der Waals surface area contributed by atoms with E-state index >= 15 is 0 Å². The van der Waals surface area contributed by atoms with Crippen molar-refractivity contribution in [2.45, 2.75) is 56.7 Å². The standard InChI is InChI=1S/C13H22N2O3S/c1-3-9-14-10-11-5-6-12(18-11)19(16,17)15-13(2)7-4-8-13/h5-6,14-15H,3-4,7-10H2,1-2H3. The molecule has 0 bridgehead atoms. The van der Waals surface area contributed by atoms with Crippen molar-refractivity contribution in [2.75, 3.05) is 6.54 Å². The van der Waals surface area contributed by atoms with E-state index in [-0.39, 0.29) is 10.6 Å². The van der Waals surface area contributed by atoms with Crippen LogP contribution in [0.1, 0.15) is 45.3 Å². The highest BCUT2D eigenvalue weighted by Crippen LogP contribution is 2.32. The lowest BCUT2D eigenvalue weighted by atomic mass is 9.80. The van der Waals surface area contributed by atoms with Crippen molar-refractivity contribution in [1.82, 2.24) is 10.0 Å². The molecule has 0 saturated heterocycles. The number of furan rings is 1. The quantitative estimate of drug-likeness (QED) is 0.752. The van der Waals surface area contributed by atoms with Crippen molar-refractivity contribution < 1.29 is 12.8 Å². The molecule has 1 aromatic rings. The van der Waals surface area contributed by atoms with Crippen molar-refractivity contribution in [1.29, 1.82) is 0 Å². The Morgan fingerprint density at radius 2 is 2.11 bits per heavy atom. The largest absolute Gasteiger partial charge is 0.447 e. The highest BCUT2D eigenvalue weighted by Gasteiger charge is 2.37. The molecular formula is C13H22N2O3S. The molecule has 1 saturated carbocycles. The van der Waals surface area contributed by atoms with E-state index in [0.29, 0.717) is 12.3 Å². The molecule has 0 spiro atoms. The van der Waals surface area contributed by atoms with Gasteiger partial charge in [0.15, 0.2) is 0 Å². The van der Waals surface area contributed by atoms with Crippen LogP contribution in [0.25, 0.3) is 0 Å². The summed E-state index contributed by atoms with van der Waals surface area (Å²) in [5, 5.41) is 3.19. The molecule has 2 rings (SSSR count). The third-order valence-corrected chi connectivity index (χ3v) is 4.98. The second-order valence-electron chi connectivity index (χ2n) is 5.42. The topological polar surface area (TPSA) is 71.3 Å². The van der Waals surface area contributed by atoms with E-state index in [1.165, 1.54) is 6.07 Å². The first-order chi connectivity index (χ1) is 8.95. The zero-order valence-corrected chi connectivity index (χ0v) is 12.3. The Labute approximate surface area is 114 Å². The van der Waals surface area contributed by atoms with Crippen molar-refractivity contribution in [3.8, 4) is 0 Å². The SMILES string of the molecule is CCCNCc1ccc(S(=O)(=O)NC2(C)CCC2)o1. The number of sulfonamides is 1. The predicted molar refractivity (Wildman–Crippen MR) is 73.3 cm³/mol. The normalized spacial score (nSPS) is 18.2. The van der Waals surface area contributed by atoms with E-state index in [0.717, 1.165) is 32.2 Å². The monoisotopic (exact) mass is 286 g/mol. The van der Waals surface area contributed by atoms with E-state index < -0.39 is 10.0 Å². The first-order valence-electron chi connectivity index (χ1n) is 6.79. The molecule has 6 heteroatoms.